The van der Waals surface area contributed by atoms with Crippen molar-refractivity contribution >= 4 is 5.57 Å². The Bertz CT molecular complexity index is 281. The van der Waals surface area contributed by atoms with Crippen molar-refractivity contribution in [1.29, 1.82) is 0 Å². The van der Waals surface area contributed by atoms with Crippen LogP contribution in [0.5, 0.6) is 0 Å². The summed E-state index contributed by atoms with van der Waals surface area (Å²) in [6.45, 7) is 4.18. The number of hydrogen-bond donors (Lipinski definition) is 0. The third kappa shape index (κ3) is 2.09. The lowest BCUT2D eigenvalue weighted by molar-refractivity contribution is 0.240. The van der Waals surface area contributed by atoms with Gasteiger partial charge in [0, 0.05) is 12.7 Å². The van der Waals surface area contributed by atoms with E-state index in [9.17, 15) is 0 Å². The van der Waals surface area contributed by atoms with Gasteiger partial charge in [0.25, 0.3) is 0 Å². The maximum absolute atomic E-state index is 5.01. The number of ether oxygens (including phenoxy) is 1. The number of hydrogen-bond acceptors (Lipinski definition) is 1. The minimum Gasteiger partial charge on any atom is -0.379 e. The molecule has 0 saturated carbocycles. The van der Waals surface area contributed by atoms with E-state index in [0.29, 0.717) is 6.61 Å². The SMILES string of the molecule is C=C=C(COC)c1ccccc1. The topological polar surface area (TPSA) is 9.23 Å². The monoisotopic (exact) mass is 160 g/mol. The normalized spacial score (nSPS) is 9.08. The van der Waals surface area contributed by atoms with Gasteiger partial charge < -0.3 is 4.74 Å². The summed E-state index contributed by atoms with van der Waals surface area (Å²) in [5, 5.41) is 0. The van der Waals surface area contributed by atoms with Crippen molar-refractivity contribution in [3.05, 3.63) is 48.2 Å². The molecular formula is C11H12O. The van der Waals surface area contributed by atoms with Gasteiger partial charge in [0.1, 0.15) is 0 Å². The fourth-order valence-corrected chi connectivity index (χ4v) is 1.02. The van der Waals surface area contributed by atoms with Crippen molar-refractivity contribution in [3.63, 3.8) is 0 Å². The summed E-state index contributed by atoms with van der Waals surface area (Å²) in [5.41, 5.74) is 4.98. The van der Waals surface area contributed by atoms with Crippen LogP contribution >= 0.6 is 0 Å². The number of benzene rings is 1. The minimum atomic E-state index is 0.563. The Morgan fingerprint density at radius 1 is 1.42 bits per heavy atom. The Balaban J connectivity index is 2.89. The summed E-state index contributed by atoms with van der Waals surface area (Å²) < 4.78 is 5.01. The fourth-order valence-electron chi connectivity index (χ4n) is 1.02. The summed E-state index contributed by atoms with van der Waals surface area (Å²) in [4.78, 5) is 0. The molecule has 0 atom stereocenters. The van der Waals surface area contributed by atoms with E-state index in [1.165, 1.54) is 0 Å². The van der Waals surface area contributed by atoms with Gasteiger partial charge in [0.2, 0.25) is 0 Å². The van der Waals surface area contributed by atoms with E-state index < -0.39 is 0 Å². The molecule has 1 aromatic rings. The highest BCUT2D eigenvalue weighted by molar-refractivity contribution is 5.65. The molecule has 0 aromatic heterocycles. The van der Waals surface area contributed by atoms with Crippen LogP contribution in [0.3, 0.4) is 0 Å². The van der Waals surface area contributed by atoms with Crippen LogP contribution in [0.2, 0.25) is 0 Å². The molecule has 0 fully saturated rings. The molecule has 1 rings (SSSR count). The zero-order chi connectivity index (χ0) is 8.81. The molecule has 1 aromatic carbocycles. The molecule has 62 valence electrons. The standard InChI is InChI=1S/C11H12O/c1-3-10(9-12-2)11-7-5-4-6-8-11/h4-8H,1,9H2,2H3. The lowest BCUT2D eigenvalue weighted by Gasteiger charge is -2.02. The molecule has 1 nitrogen and oxygen atoms in total. The minimum absolute atomic E-state index is 0.563. The Hall–Kier alpha value is -1.30. The Labute approximate surface area is 73.0 Å². The zero-order valence-electron chi connectivity index (χ0n) is 7.21. The van der Waals surface area contributed by atoms with Crippen molar-refractivity contribution in [2.24, 2.45) is 0 Å². The van der Waals surface area contributed by atoms with E-state index >= 15 is 0 Å². The van der Waals surface area contributed by atoms with E-state index in [1.807, 2.05) is 30.3 Å². The molecule has 0 aliphatic carbocycles. The van der Waals surface area contributed by atoms with Gasteiger partial charge in [-0.15, -0.1) is 5.73 Å². The average Bonchev–Trinajstić information content (AvgIpc) is 2.15. The van der Waals surface area contributed by atoms with Gasteiger partial charge in [0.15, 0.2) is 0 Å². The van der Waals surface area contributed by atoms with E-state index in [-0.39, 0.29) is 0 Å². The molecule has 0 radical (unpaired) electrons. The summed E-state index contributed by atoms with van der Waals surface area (Å²) in [6, 6.07) is 10.0. The highest BCUT2D eigenvalue weighted by Gasteiger charge is 1.97. The Morgan fingerprint density at radius 3 is 2.58 bits per heavy atom. The predicted octanol–water partition coefficient (Wildman–Crippen LogP) is 2.50. The first-order valence-electron chi connectivity index (χ1n) is 3.81. The van der Waals surface area contributed by atoms with Crippen molar-refractivity contribution in [2.75, 3.05) is 13.7 Å². The molecule has 0 spiro atoms. The lowest BCUT2D eigenvalue weighted by atomic mass is 10.1. The molecule has 0 heterocycles. The summed E-state index contributed by atoms with van der Waals surface area (Å²) in [6.07, 6.45) is 0. The van der Waals surface area contributed by atoms with Crippen LogP contribution in [0.25, 0.3) is 5.57 Å². The quantitative estimate of drug-likeness (QED) is 0.617. The second-order valence-electron chi connectivity index (χ2n) is 2.45. The lowest BCUT2D eigenvalue weighted by Crippen LogP contribution is -1.91. The first kappa shape index (κ1) is 8.79. The van der Waals surface area contributed by atoms with Crippen molar-refractivity contribution in [2.45, 2.75) is 0 Å². The molecule has 1 heteroatoms. The van der Waals surface area contributed by atoms with Crippen molar-refractivity contribution in [1.82, 2.24) is 0 Å². The van der Waals surface area contributed by atoms with E-state index in [4.69, 9.17) is 4.74 Å². The molecule has 0 amide bonds. The van der Waals surface area contributed by atoms with Crippen LogP contribution in [0, 0.1) is 0 Å². The average molecular weight is 160 g/mol. The van der Waals surface area contributed by atoms with Crippen molar-refractivity contribution < 1.29 is 4.74 Å². The summed E-state index contributed by atoms with van der Waals surface area (Å²) >= 11 is 0. The largest absolute Gasteiger partial charge is 0.379 e. The van der Waals surface area contributed by atoms with E-state index in [0.717, 1.165) is 11.1 Å². The van der Waals surface area contributed by atoms with Crippen LogP contribution in [-0.2, 0) is 4.74 Å². The first-order chi connectivity index (χ1) is 5.88. The van der Waals surface area contributed by atoms with Crippen LogP contribution in [0.4, 0.5) is 0 Å². The highest BCUT2D eigenvalue weighted by Crippen LogP contribution is 2.11. The van der Waals surface area contributed by atoms with Gasteiger partial charge >= 0.3 is 0 Å². The Morgan fingerprint density at radius 2 is 2.08 bits per heavy atom. The van der Waals surface area contributed by atoms with Crippen molar-refractivity contribution in [3.8, 4) is 0 Å². The third-order valence-electron chi connectivity index (χ3n) is 1.62. The zero-order valence-corrected chi connectivity index (χ0v) is 7.21. The molecule has 12 heavy (non-hydrogen) atoms. The second kappa shape index (κ2) is 4.55. The van der Waals surface area contributed by atoms with Crippen LogP contribution < -0.4 is 0 Å². The highest BCUT2D eigenvalue weighted by atomic mass is 16.5. The van der Waals surface area contributed by atoms with E-state index in [1.54, 1.807) is 7.11 Å². The van der Waals surface area contributed by atoms with Gasteiger partial charge in [-0.3, -0.25) is 0 Å². The molecule has 0 aliphatic rings. The maximum atomic E-state index is 5.01. The molecule has 0 aliphatic heterocycles. The van der Waals surface area contributed by atoms with Gasteiger partial charge in [0.05, 0.1) is 6.61 Å². The van der Waals surface area contributed by atoms with Gasteiger partial charge in [-0.1, -0.05) is 36.9 Å². The van der Waals surface area contributed by atoms with Gasteiger partial charge in [-0.05, 0) is 5.56 Å². The number of rotatable bonds is 3. The summed E-state index contributed by atoms with van der Waals surface area (Å²) in [7, 11) is 1.67. The predicted molar refractivity (Wildman–Crippen MR) is 50.9 cm³/mol. The molecular weight excluding hydrogens is 148 g/mol. The smallest absolute Gasteiger partial charge is 0.0790 e. The Kier molecular flexibility index (Phi) is 3.34. The fraction of sp³-hybridized carbons (Fsp3) is 0.182. The van der Waals surface area contributed by atoms with Gasteiger partial charge in [-0.25, -0.2) is 0 Å². The molecule has 0 unspecified atom stereocenters. The van der Waals surface area contributed by atoms with E-state index in [2.05, 4.69) is 12.3 Å². The first-order valence-corrected chi connectivity index (χ1v) is 3.81. The van der Waals surface area contributed by atoms with Crippen LogP contribution in [0.1, 0.15) is 5.56 Å². The molecule has 0 N–H and O–H groups in total. The van der Waals surface area contributed by atoms with Crippen LogP contribution in [0.15, 0.2) is 42.6 Å². The second-order valence-corrected chi connectivity index (χ2v) is 2.45. The number of methoxy groups -OCH3 is 1. The summed E-state index contributed by atoms with van der Waals surface area (Å²) in [5.74, 6) is 0. The molecule has 0 saturated heterocycles. The van der Waals surface area contributed by atoms with Gasteiger partial charge in [-0.2, -0.15) is 0 Å². The third-order valence-corrected chi connectivity index (χ3v) is 1.62. The molecule has 0 bridgehead atoms. The maximum Gasteiger partial charge on any atom is 0.0790 e. The van der Waals surface area contributed by atoms with Crippen LogP contribution in [-0.4, -0.2) is 13.7 Å².